The summed E-state index contributed by atoms with van der Waals surface area (Å²) >= 11 is 0. The first-order valence-electron chi connectivity index (χ1n) is 6.98. The molecule has 17 heavy (non-hydrogen) atoms. The standard InChI is InChI=1S/C13H22N2O2/c16-13-8-11(12-5-1-2-6-15(12)13)14-10-4-3-7-17-9-10/h10-12,14H,1-9H2. The number of rotatable bonds is 2. The van der Waals surface area contributed by atoms with Crippen LogP contribution in [0, 0.1) is 0 Å². The van der Waals surface area contributed by atoms with Crippen molar-refractivity contribution >= 4 is 5.91 Å². The minimum atomic E-state index is 0.351. The third-order valence-corrected chi connectivity index (χ3v) is 4.34. The van der Waals surface area contributed by atoms with Crippen LogP contribution in [0.2, 0.25) is 0 Å². The maximum absolute atomic E-state index is 11.9. The number of piperidine rings is 1. The van der Waals surface area contributed by atoms with E-state index in [-0.39, 0.29) is 0 Å². The molecule has 3 fully saturated rings. The predicted octanol–water partition coefficient (Wildman–Crippen LogP) is 0.908. The lowest BCUT2D eigenvalue weighted by Crippen LogP contribution is -2.50. The summed E-state index contributed by atoms with van der Waals surface area (Å²) in [6.07, 6.45) is 6.66. The molecule has 3 rings (SSSR count). The molecule has 0 bridgehead atoms. The lowest BCUT2D eigenvalue weighted by molar-refractivity contribution is -0.129. The number of carbonyl (C=O) groups is 1. The van der Waals surface area contributed by atoms with Crippen LogP contribution in [0.5, 0.6) is 0 Å². The molecule has 1 N–H and O–H groups in total. The summed E-state index contributed by atoms with van der Waals surface area (Å²) in [5.74, 6) is 0.351. The lowest BCUT2D eigenvalue weighted by Gasteiger charge is -2.35. The van der Waals surface area contributed by atoms with Crippen LogP contribution in [0.15, 0.2) is 0 Å². The Morgan fingerprint density at radius 1 is 1.24 bits per heavy atom. The van der Waals surface area contributed by atoms with E-state index in [1.165, 1.54) is 25.7 Å². The van der Waals surface area contributed by atoms with Gasteiger partial charge in [-0.15, -0.1) is 0 Å². The number of ether oxygens (including phenoxy) is 1. The second-order valence-corrected chi connectivity index (χ2v) is 5.54. The maximum Gasteiger partial charge on any atom is 0.224 e. The highest BCUT2D eigenvalue weighted by molar-refractivity contribution is 5.80. The van der Waals surface area contributed by atoms with Gasteiger partial charge in [0.2, 0.25) is 5.91 Å². The van der Waals surface area contributed by atoms with Crippen LogP contribution in [0.4, 0.5) is 0 Å². The summed E-state index contributed by atoms with van der Waals surface area (Å²) in [6.45, 7) is 2.69. The number of fused-ring (bicyclic) bond motifs is 1. The van der Waals surface area contributed by atoms with Crippen molar-refractivity contribution in [1.29, 1.82) is 0 Å². The van der Waals surface area contributed by atoms with Gasteiger partial charge in [0, 0.05) is 37.7 Å². The van der Waals surface area contributed by atoms with Crippen LogP contribution in [-0.2, 0) is 9.53 Å². The fourth-order valence-corrected chi connectivity index (χ4v) is 3.47. The Balaban J connectivity index is 1.60. The van der Waals surface area contributed by atoms with E-state index in [1.807, 2.05) is 0 Å². The molecular weight excluding hydrogens is 216 g/mol. The second-order valence-electron chi connectivity index (χ2n) is 5.54. The van der Waals surface area contributed by atoms with Crippen molar-refractivity contribution in [3.8, 4) is 0 Å². The van der Waals surface area contributed by atoms with Gasteiger partial charge in [-0.25, -0.2) is 0 Å². The molecule has 3 aliphatic rings. The van der Waals surface area contributed by atoms with Crippen molar-refractivity contribution in [3.05, 3.63) is 0 Å². The summed E-state index contributed by atoms with van der Waals surface area (Å²) in [4.78, 5) is 14.0. The zero-order valence-corrected chi connectivity index (χ0v) is 10.4. The molecule has 0 saturated carbocycles. The first kappa shape index (κ1) is 11.5. The molecule has 0 spiro atoms. The molecule has 0 aromatic heterocycles. The summed E-state index contributed by atoms with van der Waals surface area (Å²) in [5.41, 5.74) is 0. The van der Waals surface area contributed by atoms with Gasteiger partial charge in [-0.1, -0.05) is 0 Å². The number of nitrogens with one attached hydrogen (secondary N) is 1. The molecule has 3 aliphatic heterocycles. The van der Waals surface area contributed by atoms with Gasteiger partial charge >= 0.3 is 0 Å². The van der Waals surface area contributed by atoms with Gasteiger partial charge < -0.3 is 15.0 Å². The summed E-state index contributed by atoms with van der Waals surface area (Å²) < 4.78 is 5.49. The zero-order valence-electron chi connectivity index (χ0n) is 10.4. The fraction of sp³-hybridized carbons (Fsp3) is 0.923. The van der Waals surface area contributed by atoms with Crippen LogP contribution in [0.1, 0.15) is 38.5 Å². The quantitative estimate of drug-likeness (QED) is 0.777. The van der Waals surface area contributed by atoms with Gasteiger partial charge in [0.25, 0.3) is 0 Å². The molecule has 96 valence electrons. The third-order valence-electron chi connectivity index (χ3n) is 4.34. The molecular formula is C13H22N2O2. The van der Waals surface area contributed by atoms with E-state index in [1.54, 1.807) is 0 Å². The predicted molar refractivity (Wildman–Crippen MR) is 64.7 cm³/mol. The van der Waals surface area contributed by atoms with E-state index < -0.39 is 0 Å². The van der Waals surface area contributed by atoms with Gasteiger partial charge in [0.1, 0.15) is 0 Å². The monoisotopic (exact) mass is 238 g/mol. The van der Waals surface area contributed by atoms with Gasteiger partial charge in [-0.05, 0) is 32.1 Å². The molecule has 3 atom stereocenters. The smallest absolute Gasteiger partial charge is 0.224 e. The van der Waals surface area contributed by atoms with Crippen LogP contribution >= 0.6 is 0 Å². The fourth-order valence-electron chi connectivity index (χ4n) is 3.47. The molecule has 3 saturated heterocycles. The number of nitrogens with zero attached hydrogens (tertiary/aromatic N) is 1. The molecule has 0 aromatic rings. The summed E-state index contributed by atoms with van der Waals surface area (Å²) in [6, 6.07) is 1.29. The van der Waals surface area contributed by atoms with Gasteiger partial charge in [-0.2, -0.15) is 0 Å². The highest BCUT2D eigenvalue weighted by Crippen LogP contribution is 2.28. The normalized spacial score (nSPS) is 38.2. The van der Waals surface area contributed by atoms with Crippen molar-refractivity contribution in [3.63, 3.8) is 0 Å². The summed E-state index contributed by atoms with van der Waals surface area (Å²) in [5, 5.41) is 3.66. The zero-order chi connectivity index (χ0) is 11.7. The van der Waals surface area contributed by atoms with Crippen LogP contribution in [0.3, 0.4) is 0 Å². The second kappa shape index (κ2) is 4.94. The highest BCUT2D eigenvalue weighted by Gasteiger charge is 2.41. The number of amides is 1. The van der Waals surface area contributed by atoms with Crippen LogP contribution in [-0.4, -0.2) is 48.7 Å². The first-order valence-corrected chi connectivity index (χ1v) is 6.98. The Labute approximate surface area is 103 Å². The first-order chi connectivity index (χ1) is 8.34. The third kappa shape index (κ3) is 2.33. The molecule has 0 aromatic carbocycles. The van der Waals surface area contributed by atoms with E-state index in [2.05, 4.69) is 10.2 Å². The number of hydrogen-bond donors (Lipinski definition) is 1. The van der Waals surface area contributed by atoms with Gasteiger partial charge in [0.15, 0.2) is 0 Å². The SMILES string of the molecule is O=C1CC(NC2CCCOC2)C2CCCCN12. The van der Waals surface area contributed by atoms with Crippen molar-refractivity contribution < 1.29 is 9.53 Å². The number of carbonyl (C=O) groups excluding carboxylic acids is 1. The van der Waals surface area contributed by atoms with E-state index in [4.69, 9.17) is 4.74 Å². The molecule has 4 heteroatoms. The van der Waals surface area contributed by atoms with E-state index >= 15 is 0 Å². The Hall–Kier alpha value is -0.610. The molecule has 1 amide bonds. The molecule has 3 heterocycles. The van der Waals surface area contributed by atoms with Crippen LogP contribution < -0.4 is 5.32 Å². The largest absolute Gasteiger partial charge is 0.380 e. The lowest BCUT2D eigenvalue weighted by atomic mass is 9.97. The van der Waals surface area contributed by atoms with Crippen molar-refractivity contribution in [2.24, 2.45) is 0 Å². The minimum Gasteiger partial charge on any atom is -0.380 e. The van der Waals surface area contributed by atoms with E-state index in [9.17, 15) is 4.79 Å². The van der Waals surface area contributed by atoms with Crippen molar-refractivity contribution in [2.45, 2.75) is 56.7 Å². The van der Waals surface area contributed by atoms with Crippen molar-refractivity contribution in [1.82, 2.24) is 10.2 Å². The Kier molecular flexibility index (Phi) is 3.34. The van der Waals surface area contributed by atoms with Gasteiger partial charge in [0.05, 0.1) is 6.61 Å². The van der Waals surface area contributed by atoms with E-state index in [0.29, 0.717) is 30.5 Å². The Morgan fingerprint density at radius 2 is 2.18 bits per heavy atom. The Bertz CT molecular complexity index is 289. The highest BCUT2D eigenvalue weighted by atomic mass is 16.5. The average Bonchev–Trinajstić information content (AvgIpc) is 2.69. The van der Waals surface area contributed by atoms with Crippen molar-refractivity contribution in [2.75, 3.05) is 19.8 Å². The number of hydrogen-bond acceptors (Lipinski definition) is 3. The Morgan fingerprint density at radius 3 is 3.00 bits per heavy atom. The maximum atomic E-state index is 11.9. The van der Waals surface area contributed by atoms with Crippen LogP contribution in [0.25, 0.3) is 0 Å². The minimum absolute atomic E-state index is 0.351. The molecule has 3 unspecified atom stereocenters. The average molecular weight is 238 g/mol. The van der Waals surface area contributed by atoms with Gasteiger partial charge in [-0.3, -0.25) is 4.79 Å². The topological polar surface area (TPSA) is 41.6 Å². The molecule has 4 nitrogen and oxygen atoms in total. The molecule has 0 radical (unpaired) electrons. The molecule has 0 aliphatic carbocycles. The van der Waals surface area contributed by atoms with E-state index in [0.717, 1.165) is 26.2 Å². The summed E-state index contributed by atoms with van der Waals surface area (Å²) in [7, 11) is 0.